The lowest BCUT2D eigenvalue weighted by Crippen LogP contribution is -2.26. The lowest BCUT2D eigenvalue weighted by atomic mass is 10.3. The Bertz CT molecular complexity index is 403. The molecule has 3 nitrogen and oxygen atoms in total. The second kappa shape index (κ2) is 3.77. The number of ketones is 1. The molecule has 0 atom stereocenters. The van der Waals surface area contributed by atoms with Crippen LogP contribution in [0.5, 0.6) is 0 Å². The van der Waals surface area contributed by atoms with Crippen molar-refractivity contribution in [3.8, 4) is 0 Å². The molecule has 1 aliphatic heterocycles. The lowest BCUT2D eigenvalue weighted by molar-refractivity contribution is -0.140. The second-order valence-electron chi connectivity index (χ2n) is 3.85. The molecule has 1 amide bonds. The Labute approximate surface area is 92.7 Å². The number of thiophene rings is 1. The summed E-state index contributed by atoms with van der Waals surface area (Å²) in [6, 6.07) is 2.09. The maximum atomic E-state index is 11.4. The van der Waals surface area contributed by atoms with Gasteiger partial charge in [0.1, 0.15) is 0 Å². The molecular weight excluding hydrogens is 210 g/mol. The fourth-order valence-electron chi connectivity index (χ4n) is 1.69. The Morgan fingerprint density at radius 2 is 2.13 bits per heavy atom. The van der Waals surface area contributed by atoms with E-state index >= 15 is 0 Å². The molecule has 1 aliphatic rings. The Morgan fingerprint density at radius 3 is 2.60 bits per heavy atom. The van der Waals surface area contributed by atoms with Gasteiger partial charge in [-0.05, 0) is 25.5 Å². The van der Waals surface area contributed by atoms with Gasteiger partial charge in [0.2, 0.25) is 5.78 Å². The molecule has 0 saturated carbocycles. The minimum absolute atomic E-state index is 0.250. The van der Waals surface area contributed by atoms with E-state index in [-0.39, 0.29) is 11.7 Å². The average molecular weight is 223 g/mol. The van der Waals surface area contributed by atoms with E-state index in [4.69, 9.17) is 0 Å². The second-order valence-corrected chi connectivity index (χ2v) is 5.19. The maximum Gasteiger partial charge on any atom is 0.290 e. The summed E-state index contributed by atoms with van der Waals surface area (Å²) < 4.78 is 0. The summed E-state index contributed by atoms with van der Waals surface area (Å²) in [6.07, 6.45) is 0.377. The topological polar surface area (TPSA) is 37.4 Å². The number of rotatable bonds is 2. The van der Waals surface area contributed by atoms with Crippen LogP contribution >= 0.6 is 11.3 Å². The van der Waals surface area contributed by atoms with Crippen LogP contribution in [0.1, 0.15) is 21.7 Å². The Balaban J connectivity index is 2.09. The predicted molar refractivity (Wildman–Crippen MR) is 58.8 cm³/mol. The highest BCUT2D eigenvalue weighted by Crippen LogP contribution is 2.23. The van der Waals surface area contributed by atoms with Gasteiger partial charge in [-0.25, -0.2) is 0 Å². The van der Waals surface area contributed by atoms with E-state index in [1.807, 2.05) is 0 Å². The van der Waals surface area contributed by atoms with Crippen LogP contribution < -0.4 is 0 Å². The molecule has 1 aromatic heterocycles. The number of aryl methyl sites for hydroxylation is 2. The standard InChI is InChI=1S/C11H13NO2S/c1-7-5-9(15-8(7)2)6-12-4-3-10(13)11(12)14/h5H,3-4,6H2,1-2H3. The summed E-state index contributed by atoms with van der Waals surface area (Å²) >= 11 is 1.70. The number of hydrogen-bond donors (Lipinski definition) is 0. The molecule has 0 bridgehead atoms. The third kappa shape index (κ3) is 1.95. The van der Waals surface area contributed by atoms with Gasteiger partial charge in [-0.2, -0.15) is 0 Å². The van der Waals surface area contributed by atoms with E-state index in [9.17, 15) is 9.59 Å². The van der Waals surface area contributed by atoms with Crippen molar-refractivity contribution in [3.05, 3.63) is 21.4 Å². The average Bonchev–Trinajstić information content (AvgIpc) is 2.65. The molecule has 2 heterocycles. The summed E-state index contributed by atoms with van der Waals surface area (Å²) in [6.45, 7) is 5.30. The zero-order valence-electron chi connectivity index (χ0n) is 8.87. The number of carbonyl (C=O) groups excluding carboxylic acids is 2. The zero-order chi connectivity index (χ0) is 11.0. The fourth-order valence-corrected chi connectivity index (χ4v) is 2.76. The van der Waals surface area contributed by atoms with Crippen molar-refractivity contribution in [1.29, 1.82) is 0 Å². The minimum Gasteiger partial charge on any atom is -0.331 e. The Hall–Kier alpha value is -1.16. The van der Waals surface area contributed by atoms with Crippen molar-refractivity contribution in [3.63, 3.8) is 0 Å². The smallest absolute Gasteiger partial charge is 0.290 e. The monoisotopic (exact) mass is 223 g/mol. The number of carbonyl (C=O) groups is 2. The number of likely N-dealkylation sites (tertiary alicyclic amines) is 1. The third-order valence-corrected chi connectivity index (χ3v) is 3.84. The summed E-state index contributed by atoms with van der Waals surface area (Å²) in [7, 11) is 0. The number of nitrogens with zero attached hydrogens (tertiary/aromatic N) is 1. The molecule has 80 valence electrons. The van der Waals surface area contributed by atoms with Crippen molar-refractivity contribution >= 4 is 23.0 Å². The van der Waals surface area contributed by atoms with Crippen LogP contribution in [0.15, 0.2) is 6.07 Å². The van der Waals surface area contributed by atoms with Gasteiger partial charge in [0, 0.05) is 22.7 Å². The highest BCUT2D eigenvalue weighted by molar-refractivity contribution is 7.12. The maximum absolute atomic E-state index is 11.4. The molecule has 0 unspecified atom stereocenters. The van der Waals surface area contributed by atoms with Gasteiger partial charge in [-0.1, -0.05) is 0 Å². The highest BCUT2D eigenvalue weighted by atomic mass is 32.1. The summed E-state index contributed by atoms with van der Waals surface area (Å²) in [5.41, 5.74) is 1.26. The molecule has 0 aliphatic carbocycles. The van der Waals surface area contributed by atoms with Crippen LogP contribution in [0.2, 0.25) is 0 Å². The summed E-state index contributed by atoms with van der Waals surface area (Å²) in [4.78, 5) is 26.5. The predicted octanol–water partition coefficient (Wildman–Crippen LogP) is 1.67. The molecule has 0 radical (unpaired) electrons. The van der Waals surface area contributed by atoms with Crippen LogP contribution in [0, 0.1) is 13.8 Å². The first-order valence-corrected chi connectivity index (χ1v) is 5.77. The first kappa shape index (κ1) is 10.4. The van der Waals surface area contributed by atoms with Gasteiger partial charge in [0.15, 0.2) is 0 Å². The van der Waals surface area contributed by atoms with E-state index in [0.29, 0.717) is 19.5 Å². The summed E-state index contributed by atoms with van der Waals surface area (Å²) in [5, 5.41) is 0. The van der Waals surface area contributed by atoms with Gasteiger partial charge in [0.05, 0.1) is 6.54 Å². The van der Waals surface area contributed by atoms with Gasteiger partial charge < -0.3 is 4.90 Å². The summed E-state index contributed by atoms with van der Waals surface area (Å²) in [5.74, 6) is -0.571. The van der Waals surface area contributed by atoms with Gasteiger partial charge in [-0.15, -0.1) is 11.3 Å². The molecule has 0 N–H and O–H groups in total. The molecule has 2 rings (SSSR count). The lowest BCUT2D eigenvalue weighted by Gasteiger charge is -2.12. The molecule has 15 heavy (non-hydrogen) atoms. The first-order chi connectivity index (χ1) is 7.08. The minimum atomic E-state index is -0.321. The van der Waals surface area contributed by atoms with Crippen molar-refractivity contribution in [1.82, 2.24) is 4.90 Å². The van der Waals surface area contributed by atoms with E-state index in [1.165, 1.54) is 10.4 Å². The third-order valence-electron chi connectivity index (χ3n) is 2.70. The van der Waals surface area contributed by atoms with Gasteiger partial charge >= 0.3 is 0 Å². The van der Waals surface area contributed by atoms with Crippen molar-refractivity contribution in [2.24, 2.45) is 0 Å². The first-order valence-electron chi connectivity index (χ1n) is 4.96. The number of Topliss-reactive ketones (excluding diaryl/α,β-unsaturated/α-hetero) is 1. The molecule has 1 fully saturated rings. The zero-order valence-corrected chi connectivity index (χ0v) is 9.69. The van der Waals surface area contributed by atoms with Crippen molar-refractivity contribution in [2.75, 3.05) is 6.54 Å². The van der Waals surface area contributed by atoms with Gasteiger partial charge in [0.25, 0.3) is 5.91 Å². The fraction of sp³-hybridized carbons (Fsp3) is 0.455. The van der Waals surface area contributed by atoms with Crippen molar-refractivity contribution < 1.29 is 9.59 Å². The van der Waals surface area contributed by atoms with E-state index in [0.717, 1.165) is 4.88 Å². The van der Waals surface area contributed by atoms with Crippen molar-refractivity contribution in [2.45, 2.75) is 26.8 Å². The van der Waals surface area contributed by atoms with Crippen LogP contribution in [0.4, 0.5) is 0 Å². The van der Waals surface area contributed by atoms with Crippen LogP contribution in [-0.2, 0) is 16.1 Å². The number of hydrogen-bond acceptors (Lipinski definition) is 3. The van der Waals surface area contributed by atoms with E-state index in [1.54, 1.807) is 16.2 Å². The normalized spacial score (nSPS) is 16.5. The van der Waals surface area contributed by atoms with Crippen LogP contribution in [0.3, 0.4) is 0 Å². The molecule has 0 aromatic carbocycles. The Kier molecular flexibility index (Phi) is 2.61. The molecular formula is C11H13NO2S. The van der Waals surface area contributed by atoms with Crippen LogP contribution in [-0.4, -0.2) is 23.1 Å². The quantitative estimate of drug-likeness (QED) is 0.715. The molecule has 4 heteroatoms. The van der Waals surface area contributed by atoms with Gasteiger partial charge in [-0.3, -0.25) is 9.59 Å². The highest BCUT2D eigenvalue weighted by Gasteiger charge is 2.29. The molecule has 1 aromatic rings. The molecule has 1 saturated heterocycles. The number of amides is 1. The largest absolute Gasteiger partial charge is 0.331 e. The molecule has 0 spiro atoms. The SMILES string of the molecule is Cc1cc(CN2CCC(=O)C2=O)sc1C. The van der Waals surface area contributed by atoms with E-state index in [2.05, 4.69) is 19.9 Å². The van der Waals surface area contributed by atoms with Crippen LogP contribution in [0.25, 0.3) is 0 Å². The van der Waals surface area contributed by atoms with E-state index < -0.39 is 0 Å². The Morgan fingerprint density at radius 1 is 1.40 bits per heavy atom.